The van der Waals surface area contributed by atoms with Gasteiger partial charge in [-0.2, -0.15) is 0 Å². The number of hydrogen-bond acceptors (Lipinski definition) is 6. The fourth-order valence-corrected chi connectivity index (χ4v) is 3.13. The second kappa shape index (κ2) is 8.00. The number of aromatic nitrogens is 2. The molecule has 0 atom stereocenters. The maximum Gasteiger partial charge on any atom is 0.335 e. The van der Waals surface area contributed by atoms with E-state index in [1.54, 1.807) is 6.07 Å². The van der Waals surface area contributed by atoms with Crippen LogP contribution in [0.3, 0.4) is 0 Å². The Labute approximate surface area is 139 Å². The molecule has 0 saturated carbocycles. The first-order chi connectivity index (χ1) is 11.4. The van der Waals surface area contributed by atoms with Crippen molar-refractivity contribution in [2.75, 3.05) is 6.54 Å². The van der Waals surface area contributed by atoms with Crippen LogP contribution in [-0.4, -0.2) is 31.1 Å². The Morgan fingerprint density at radius 2 is 2.04 bits per heavy atom. The summed E-state index contributed by atoms with van der Waals surface area (Å²) in [5.41, 5.74) is 0.0316. The Kier molecular flexibility index (Phi) is 6.02. The van der Waals surface area contributed by atoms with Crippen molar-refractivity contribution in [2.45, 2.75) is 37.2 Å². The van der Waals surface area contributed by atoms with Crippen LogP contribution in [0.25, 0.3) is 0 Å². The second-order valence-electron chi connectivity index (χ2n) is 5.16. The summed E-state index contributed by atoms with van der Waals surface area (Å²) in [4.78, 5) is 11.3. The lowest BCUT2D eigenvalue weighted by atomic mass is 10.2. The van der Waals surface area contributed by atoms with Crippen LogP contribution in [0, 0.1) is 5.82 Å². The Morgan fingerprint density at radius 1 is 1.29 bits per heavy atom. The van der Waals surface area contributed by atoms with Crippen LogP contribution in [0.15, 0.2) is 33.9 Å². The number of sulfone groups is 1. The minimum atomic E-state index is -3.93. The van der Waals surface area contributed by atoms with Crippen molar-refractivity contribution in [3.63, 3.8) is 0 Å². The molecule has 7 nitrogen and oxygen atoms in total. The van der Waals surface area contributed by atoms with Crippen molar-refractivity contribution in [1.29, 1.82) is 0 Å². The Morgan fingerprint density at radius 3 is 2.75 bits per heavy atom. The van der Waals surface area contributed by atoms with Crippen molar-refractivity contribution < 1.29 is 22.0 Å². The number of hydrogen-bond donors (Lipinski definition) is 1. The van der Waals surface area contributed by atoms with Gasteiger partial charge in [0, 0.05) is 24.9 Å². The summed E-state index contributed by atoms with van der Waals surface area (Å²) in [6.45, 7) is 2.16. The van der Waals surface area contributed by atoms with E-state index in [1.807, 2.05) is 6.92 Å². The molecule has 0 saturated heterocycles. The summed E-state index contributed by atoms with van der Waals surface area (Å²) in [5, 5.41) is 9.26. The minimum absolute atomic E-state index is 0.0316. The van der Waals surface area contributed by atoms with Crippen LogP contribution in [0.5, 0.6) is 0 Å². The van der Waals surface area contributed by atoms with E-state index < -0.39 is 26.6 Å². The summed E-state index contributed by atoms with van der Waals surface area (Å²) in [7, 11) is -3.93. The molecule has 0 bridgehead atoms. The van der Waals surface area contributed by atoms with Gasteiger partial charge in [-0.05, 0) is 12.5 Å². The van der Waals surface area contributed by atoms with Gasteiger partial charge in [-0.3, -0.25) is 4.79 Å². The van der Waals surface area contributed by atoms with Crippen molar-refractivity contribution in [2.24, 2.45) is 0 Å². The molecular formula is C15H18FN3O4S. The van der Waals surface area contributed by atoms with E-state index in [0.717, 1.165) is 6.42 Å². The highest BCUT2D eigenvalue weighted by Gasteiger charge is 2.24. The van der Waals surface area contributed by atoms with Crippen molar-refractivity contribution in [1.82, 2.24) is 15.5 Å². The number of amides is 1. The average molecular weight is 355 g/mol. The number of rotatable bonds is 8. The first kappa shape index (κ1) is 18.1. The van der Waals surface area contributed by atoms with Crippen molar-refractivity contribution in [3.05, 3.63) is 41.5 Å². The third-order valence-electron chi connectivity index (χ3n) is 3.16. The summed E-state index contributed by atoms with van der Waals surface area (Å²) in [6.07, 6.45) is 1.38. The van der Waals surface area contributed by atoms with E-state index in [9.17, 15) is 17.6 Å². The summed E-state index contributed by atoms with van der Waals surface area (Å²) >= 11 is 0. The van der Waals surface area contributed by atoms with Gasteiger partial charge < -0.3 is 9.73 Å². The molecule has 0 aliphatic carbocycles. The molecule has 1 aromatic heterocycles. The average Bonchev–Trinajstić information content (AvgIpc) is 2.99. The summed E-state index contributed by atoms with van der Waals surface area (Å²) < 4.78 is 43.1. The minimum Gasteiger partial charge on any atom is -0.412 e. The second-order valence-corrected chi connectivity index (χ2v) is 7.03. The number of halogens is 1. The zero-order valence-electron chi connectivity index (χ0n) is 13.2. The van der Waals surface area contributed by atoms with E-state index in [0.29, 0.717) is 6.42 Å². The van der Waals surface area contributed by atoms with Crippen LogP contribution >= 0.6 is 0 Å². The van der Waals surface area contributed by atoms with Gasteiger partial charge in [-0.1, -0.05) is 30.2 Å². The van der Waals surface area contributed by atoms with Gasteiger partial charge in [0.1, 0.15) is 5.82 Å². The van der Waals surface area contributed by atoms with Gasteiger partial charge in [0.05, 0.1) is 5.75 Å². The number of benzene rings is 1. The van der Waals surface area contributed by atoms with Gasteiger partial charge >= 0.3 is 5.22 Å². The maximum atomic E-state index is 13.6. The van der Waals surface area contributed by atoms with E-state index in [1.165, 1.54) is 18.2 Å². The maximum absolute atomic E-state index is 13.6. The SMILES string of the molecule is CCCC(=O)NCCc1nnc(S(=O)(=O)Cc2ccccc2F)o1. The third-order valence-corrected chi connectivity index (χ3v) is 4.54. The van der Waals surface area contributed by atoms with Crippen LogP contribution in [0.2, 0.25) is 0 Å². The molecule has 1 amide bonds. The smallest absolute Gasteiger partial charge is 0.335 e. The van der Waals surface area contributed by atoms with Crippen molar-refractivity contribution >= 4 is 15.7 Å². The van der Waals surface area contributed by atoms with Gasteiger partial charge in [-0.15, -0.1) is 5.10 Å². The number of carbonyl (C=O) groups is 1. The van der Waals surface area contributed by atoms with Crippen molar-refractivity contribution in [3.8, 4) is 0 Å². The predicted molar refractivity (Wildman–Crippen MR) is 83.2 cm³/mol. The largest absolute Gasteiger partial charge is 0.412 e. The lowest BCUT2D eigenvalue weighted by molar-refractivity contribution is -0.121. The lowest BCUT2D eigenvalue weighted by Gasteiger charge is -2.02. The highest BCUT2D eigenvalue weighted by atomic mass is 32.2. The van der Waals surface area contributed by atoms with E-state index in [2.05, 4.69) is 15.5 Å². The summed E-state index contributed by atoms with van der Waals surface area (Å²) in [6, 6.07) is 5.59. The lowest BCUT2D eigenvalue weighted by Crippen LogP contribution is -2.25. The molecule has 24 heavy (non-hydrogen) atoms. The van der Waals surface area contributed by atoms with Gasteiger partial charge in [0.15, 0.2) is 0 Å². The zero-order valence-corrected chi connectivity index (χ0v) is 14.0. The first-order valence-electron chi connectivity index (χ1n) is 7.47. The van der Waals surface area contributed by atoms with Gasteiger partial charge in [-0.25, -0.2) is 12.8 Å². The van der Waals surface area contributed by atoms with E-state index in [4.69, 9.17) is 4.42 Å². The predicted octanol–water partition coefficient (Wildman–Crippen LogP) is 1.64. The van der Waals surface area contributed by atoms with Crippen LogP contribution in [0.4, 0.5) is 4.39 Å². The van der Waals surface area contributed by atoms with Crippen LogP contribution < -0.4 is 5.32 Å². The normalized spacial score (nSPS) is 11.4. The molecule has 1 heterocycles. The number of nitrogens with zero attached hydrogens (tertiary/aromatic N) is 2. The Hall–Kier alpha value is -2.29. The monoisotopic (exact) mass is 355 g/mol. The fourth-order valence-electron chi connectivity index (χ4n) is 1.97. The first-order valence-corrected chi connectivity index (χ1v) is 9.13. The van der Waals surface area contributed by atoms with Crippen LogP contribution in [0.1, 0.15) is 31.2 Å². The molecule has 0 unspecified atom stereocenters. The molecule has 2 aromatic rings. The summed E-state index contributed by atoms with van der Waals surface area (Å²) in [5.74, 6) is -1.17. The molecular weight excluding hydrogens is 337 g/mol. The molecule has 0 radical (unpaired) electrons. The highest BCUT2D eigenvalue weighted by molar-refractivity contribution is 7.90. The Bertz CT molecular complexity index is 805. The quantitative estimate of drug-likeness (QED) is 0.772. The standard InChI is InChI=1S/C15H18FN3O4S/c1-2-5-13(20)17-9-8-14-18-19-15(23-14)24(21,22)10-11-6-3-4-7-12(11)16/h3-4,6-7H,2,5,8-10H2,1H3,(H,17,20). The number of nitrogens with one attached hydrogen (secondary N) is 1. The molecule has 1 N–H and O–H groups in total. The fraction of sp³-hybridized carbons (Fsp3) is 0.400. The molecule has 0 fully saturated rings. The van der Waals surface area contributed by atoms with Gasteiger partial charge in [0.25, 0.3) is 0 Å². The molecule has 0 aliphatic rings. The topological polar surface area (TPSA) is 102 Å². The Balaban J connectivity index is 1.98. The molecule has 0 spiro atoms. The third kappa shape index (κ3) is 4.85. The number of carbonyl (C=O) groups excluding carboxylic acids is 1. The van der Waals surface area contributed by atoms with Gasteiger partial charge in [0.2, 0.25) is 21.6 Å². The van der Waals surface area contributed by atoms with E-state index >= 15 is 0 Å². The molecule has 9 heteroatoms. The molecule has 1 aromatic carbocycles. The molecule has 0 aliphatic heterocycles. The molecule has 2 rings (SSSR count). The highest BCUT2D eigenvalue weighted by Crippen LogP contribution is 2.17. The van der Waals surface area contributed by atoms with E-state index in [-0.39, 0.29) is 30.3 Å². The van der Waals surface area contributed by atoms with Crippen LogP contribution in [-0.2, 0) is 26.8 Å². The molecule has 130 valence electrons. The zero-order chi connectivity index (χ0) is 17.6.